The molecule has 0 aromatic rings. The number of nitrogens with one attached hydrogen (secondary N) is 1. The van der Waals surface area contributed by atoms with E-state index in [0.29, 0.717) is 6.42 Å². The maximum atomic E-state index is 11.7. The van der Waals surface area contributed by atoms with E-state index < -0.39 is 0 Å². The van der Waals surface area contributed by atoms with Crippen molar-refractivity contribution in [2.24, 2.45) is 0 Å². The number of nitrogens with zero attached hydrogens (tertiary/aromatic N) is 1. The van der Waals surface area contributed by atoms with Crippen molar-refractivity contribution in [1.29, 1.82) is 5.26 Å². The van der Waals surface area contributed by atoms with E-state index in [-0.39, 0.29) is 24.2 Å². The Morgan fingerprint density at radius 2 is 2.40 bits per heavy atom. The number of rotatable bonds is 4. The molecule has 1 aliphatic heterocycles. The molecule has 1 fully saturated rings. The second-order valence-electron chi connectivity index (χ2n) is 3.99. The number of amides is 1. The van der Waals surface area contributed by atoms with Gasteiger partial charge in [0.15, 0.2) is 0 Å². The summed E-state index contributed by atoms with van der Waals surface area (Å²) in [6, 6.07) is 2.03. The van der Waals surface area contributed by atoms with Crippen molar-refractivity contribution >= 4 is 5.91 Å². The molecule has 3 atom stereocenters. The van der Waals surface area contributed by atoms with Gasteiger partial charge in [-0.15, -0.1) is 0 Å². The predicted octanol–water partition coefficient (Wildman–Crippen LogP) is 1.36. The van der Waals surface area contributed by atoms with E-state index in [9.17, 15) is 4.79 Å². The fourth-order valence-corrected chi connectivity index (χ4v) is 1.70. The normalized spacial score (nSPS) is 27.0. The van der Waals surface area contributed by atoms with Crippen LogP contribution < -0.4 is 5.32 Å². The molecule has 15 heavy (non-hydrogen) atoms. The molecule has 1 saturated heterocycles. The van der Waals surface area contributed by atoms with Crippen molar-refractivity contribution in [2.45, 2.75) is 57.8 Å². The van der Waals surface area contributed by atoms with Gasteiger partial charge in [0.2, 0.25) is 5.91 Å². The zero-order valence-electron chi connectivity index (χ0n) is 9.32. The summed E-state index contributed by atoms with van der Waals surface area (Å²) < 4.78 is 5.45. The topological polar surface area (TPSA) is 62.1 Å². The van der Waals surface area contributed by atoms with Gasteiger partial charge in [0.25, 0.3) is 0 Å². The maximum absolute atomic E-state index is 11.7. The fourth-order valence-electron chi connectivity index (χ4n) is 1.70. The fraction of sp³-hybridized carbons (Fsp3) is 0.818. The summed E-state index contributed by atoms with van der Waals surface area (Å²) in [4.78, 5) is 11.7. The van der Waals surface area contributed by atoms with Crippen molar-refractivity contribution in [1.82, 2.24) is 5.32 Å². The van der Waals surface area contributed by atoms with E-state index in [2.05, 4.69) is 11.4 Å². The summed E-state index contributed by atoms with van der Waals surface area (Å²) in [6.07, 6.45) is 2.74. The first-order valence-corrected chi connectivity index (χ1v) is 5.50. The molecule has 84 valence electrons. The minimum atomic E-state index is -0.312. The standard InChI is InChI=1S/C11H18N2O2/c1-3-9(6-7-12)13-11(14)10-5-4-8(2)15-10/h8-10H,3-6H2,1-2H3,(H,13,14). The smallest absolute Gasteiger partial charge is 0.249 e. The molecule has 0 radical (unpaired) electrons. The van der Waals surface area contributed by atoms with Crippen molar-refractivity contribution in [2.75, 3.05) is 0 Å². The first-order valence-electron chi connectivity index (χ1n) is 5.50. The zero-order chi connectivity index (χ0) is 11.3. The Morgan fingerprint density at radius 3 is 2.87 bits per heavy atom. The largest absolute Gasteiger partial charge is 0.365 e. The predicted molar refractivity (Wildman–Crippen MR) is 56.0 cm³/mol. The Morgan fingerprint density at radius 1 is 1.67 bits per heavy atom. The molecule has 1 amide bonds. The lowest BCUT2D eigenvalue weighted by atomic mass is 10.1. The molecule has 4 nitrogen and oxygen atoms in total. The average molecular weight is 210 g/mol. The first kappa shape index (κ1) is 12.0. The van der Waals surface area contributed by atoms with Crippen LogP contribution in [0.3, 0.4) is 0 Å². The Labute approximate surface area is 90.6 Å². The third kappa shape index (κ3) is 3.52. The lowest BCUT2D eigenvalue weighted by Crippen LogP contribution is -2.41. The molecule has 0 aliphatic carbocycles. The molecule has 0 spiro atoms. The van der Waals surface area contributed by atoms with Crippen LogP contribution in [0.25, 0.3) is 0 Å². The molecular formula is C11H18N2O2. The molecule has 0 saturated carbocycles. The molecule has 4 heteroatoms. The zero-order valence-corrected chi connectivity index (χ0v) is 9.32. The van der Waals surface area contributed by atoms with E-state index in [1.807, 2.05) is 13.8 Å². The van der Waals surface area contributed by atoms with E-state index in [0.717, 1.165) is 19.3 Å². The quantitative estimate of drug-likeness (QED) is 0.762. The van der Waals surface area contributed by atoms with Crippen molar-refractivity contribution in [3.63, 3.8) is 0 Å². The molecular weight excluding hydrogens is 192 g/mol. The highest BCUT2D eigenvalue weighted by Gasteiger charge is 2.28. The van der Waals surface area contributed by atoms with Crippen LogP contribution in [-0.4, -0.2) is 24.2 Å². The van der Waals surface area contributed by atoms with Gasteiger partial charge in [-0.3, -0.25) is 4.79 Å². The summed E-state index contributed by atoms with van der Waals surface area (Å²) >= 11 is 0. The highest BCUT2D eigenvalue weighted by atomic mass is 16.5. The van der Waals surface area contributed by atoms with E-state index in [1.165, 1.54) is 0 Å². The molecule has 0 bridgehead atoms. The monoisotopic (exact) mass is 210 g/mol. The molecule has 1 N–H and O–H groups in total. The molecule has 1 rings (SSSR count). The summed E-state index contributed by atoms with van der Waals surface area (Å²) in [6.45, 7) is 3.93. The molecule has 0 aromatic carbocycles. The maximum Gasteiger partial charge on any atom is 0.249 e. The summed E-state index contributed by atoms with van der Waals surface area (Å²) in [5.74, 6) is -0.0681. The SMILES string of the molecule is CCC(CC#N)NC(=O)C1CCC(C)O1. The highest BCUT2D eigenvalue weighted by molar-refractivity contribution is 5.81. The average Bonchev–Trinajstić information content (AvgIpc) is 2.64. The number of carbonyl (C=O) groups excluding carboxylic acids is 1. The van der Waals surface area contributed by atoms with Crippen molar-refractivity contribution < 1.29 is 9.53 Å². The van der Waals surface area contributed by atoms with Crippen LogP contribution in [0.15, 0.2) is 0 Å². The minimum Gasteiger partial charge on any atom is -0.365 e. The second-order valence-corrected chi connectivity index (χ2v) is 3.99. The van der Waals surface area contributed by atoms with Crippen LogP contribution in [0, 0.1) is 11.3 Å². The minimum absolute atomic E-state index is 0.0398. The molecule has 1 heterocycles. The van der Waals surface area contributed by atoms with Crippen molar-refractivity contribution in [3.05, 3.63) is 0 Å². The molecule has 3 unspecified atom stereocenters. The van der Waals surface area contributed by atoms with E-state index in [1.54, 1.807) is 0 Å². The number of hydrogen-bond donors (Lipinski definition) is 1. The van der Waals surface area contributed by atoms with Gasteiger partial charge in [0.05, 0.1) is 18.6 Å². The van der Waals surface area contributed by atoms with Crippen LogP contribution in [0.5, 0.6) is 0 Å². The molecule has 1 aliphatic rings. The van der Waals surface area contributed by atoms with E-state index in [4.69, 9.17) is 10.00 Å². The summed E-state index contributed by atoms with van der Waals surface area (Å²) in [7, 11) is 0. The molecule has 0 aromatic heterocycles. The van der Waals surface area contributed by atoms with Gasteiger partial charge >= 0.3 is 0 Å². The lowest BCUT2D eigenvalue weighted by Gasteiger charge is -2.17. The Kier molecular flexibility index (Phi) is 4.57. The van der Waals surface area contributed by atoms with Crippen LogP contribution in [0.4, 0.5) is 0 Å². The van der Waals surface area contributed by atoms with Gasteiger partial charge in [-0.2, -0.15) is 5.26 Å². The Hall–Kier alpha value is -1.08. The van der Waals surface area contributed by atoms with Crippen LogP contribution in [0.2, 0.25) is 0 Å². The number of hydrogen-bond acceptors (Lipinski definition) is 3. The highest BCUT2D eigenvalue weighted by Crippen LogP contribution is 2.19. The van der Waals surface area contributed by atoms with Crippen LogP contribution in [0.1, 0.15) is 39.5 Å². The first-order chi connectivity index (χ1) is 7.17. The Balaban J connectivity index is 2.37. The van der Waals surface area contributed by atoms with Gasteiger partial charge < -0.3 is 10.1 Å². The number of nitriles is 1. The van der Waals surface area contributed by atoms with Gasteiger partial charge in [-0.25, -0.2) is 0 Å². The number of ether oxygens (including phenoxy) is 1. The van der Waals surface area contributed by atoms with Gasteiger partial charge in [-0.1, -0.05) is 6.92 Å². The van der Waals surface area contributed by atoms with Gasteiger partial charge in [-0.05, 0) is 26.2 Å². The summed E-state index contributed by atoms with van der Waals surface area (Å²) in [5, 5.41) is 11.4. The van der Waals surface area contributed by atoms with Crippen LogP contribution in [-0.2, 0) is 9.53 Å². The van der Waals surface area contributed by atoms with Gasteiger partial charge in [0.1, 0.15) is 6.10 Å². The lowest BCUT2D eigenvalue weighted by molar-refractivity contribution is -0.132. The van der Waals surface area contributed by atoms with E-state index >= 15 is 0 Å². The third-order valence-electron chi connectivity index (χ3n) is 2.70. The van der Waals surface area contributed by atoms with Crippen LogP contribution >= 0.6 is 0 Å². The van der Waals surface area contributed by atoms with Gasteiger partial charge in [0, 0.05) is 6.04 Å². The number of carbonyl (C=O) groups is 1. The summed E-state index contributed by atoms with van der Waals surface area (Å²) in [5.41, 5.74) is 0. The second kappa shape index (κ2) is 5.72. The third-order valence-corrected chi connectivity index (χ3v) is 2.70. The Bertz CT molecular complexity index is 260. The van der Waals surface area contributed by atoms with Crippen molar-refractivity contribution in [3.8, 4) is 6.07 Å².